The number of amides is 1. The maximum absolute atomic E-state index is 12.7. The van der Waals surface area contributed by atoms with Gasteiger partial charge in [-0.3, -0.25) is 9.69 Å². The van der Waals surface area contributed by atoms with Crippen LogP contribution in [0.3, 0.4) is 0 Å². The standard InChI is InChI=1S/C21H22N2OS2/c1-3-22(4-2)18-12-10-16(11-13-18)14-19-20(24)23(21(25)26-19)15-17-8-6-5-7-9-17/h5-14H,3-4,15H2,1-2H3/b19-14-. The normalized spacial score (nSPS) is 15.8. The molecule has 26 heavy (non-hydrogen) atoms. The maximum atomic E-state index is 12.7. The summed E-state index contributed by atoms with van der Waals surface area (Å²) >= 11 is 6.79. The minimum absolute atomic E-state index is 0.0170. The van der Waals surface area contributed by atoms with Gasteiger partial charge in [-0.2, -0.15) is 0 Å². The number of carbonyl (C=O) groups excluding carboxylic acids is 1. The molecular weight excluding hydrogens is 360 g/mol. The van der Waals surface area contributed by atoms with Crippen LogP contribution in [0.15, 0.2) is 59.5 Å². The molecule has 2 aromatic rings. The first-order valence-corrected chi connectivity index (χ1v) is 9.99. The second-order valence-electron chi connectivity index (χ2n) is 6.02. The van der Waals surface area contributed by atoms with Gasteiger partial charge in [-0.1, -0.05) is 66.4 Å². The van der Waals surface area contributed by atoms with Gasteiger partial charge in [-0.05, 0) is 43.2 Å². The molecule has 2 aromatic carbocycles. The lowest BCUT2D eigenvalue weighted by Crippen LogP contribution is -2.27. The Bertz CT molecular complexity index is 812. The van der Waals surface area contributed by atoms with Crippen molar-refractivity contribution in [1.82, 2.24) is 4.90 Å². The number of rotatable bonds is 6. The van der Waals surface area contributed by atoms with Crippen LogP contribution in [0.25, 0.3) is 6.08 Å². The van der Waals surface area contributed by atoms with E-state index in [1.807, 2.05) is 36.4 Å². The van der Waals surface area contributed by atoms with E-state index in [0.29, 0.717) is 15.8 Å². The van der Waals surface area contributed by atoms with E-state index in [1.54, 1.807) is 4.90 Å². The van der Waals surface area contributed by atoms with Gasteiger partial charge >= 0.3 is 0 Å². The summed E-state index contributed by atoms with van der Waals surface area (Å²) in [6.07, 6.45) is 1.93. The van der Waals surface area contributed by atoms with Crippen LogP contribution in [0.5, 0.6) is 0 Å². The van der Waals surface area contributed by atoms with Crippen LogP contribution in [-0.4, -0.2) is 28.2 Å². The van der Waals surface area contributed by atoms with E-state index in [4.69, 9.17) is 12.2 Å². The molecule has 1 amide bonds. The molecule has 0 N–H and O–H groups in total. The lowest BCUT2D eigenvalue weighted by Gasteiger charge is -2.20. The molecule has 0 atom stereocenters. The average Bonchev–Trinajstić information content (AvgIpc) is 2.92. The highest BCUT2D eigenvalue weighted by Crippen LogP contribution is 2.33. The van der Waals surface area contributed by atoms with E-state index < -0.39 is 0 Å². The summed E-state index contributed by atoms with van der Waals surface area (Å²) in [6, 6.07) is 18.2. The van der Waals surface area contributed by atoms with Crippen molar-refractivity contribution in [2.45, 2.75) is 20.4 Å². The molecule has 3 nitrogen and oxygen atoms in total. The third-order valence-electron chi connectivity index (χ3n) is 4.38. The minimum atomic E-state index is -0.0170. The summed E-state index contributed by atoms with van der Waals surface area (Å²) in [5.41, 5.74) is 3.29. The van der Waals surface area contributed by atoms with Crippen LogP contribution >= 0.6 is 24.0 Å². The third-order valence-corrected chi connectivity index (χ3v) is 5.75. The number of thioether (sulfide) groups is 1. The van der Waals surface area contributed by atoms with E-state index in [2.05, 4.69) is 43.0 Å². The molecule has 1 fully saturated rings. The third kappa shape index (κ3) is 4.17. The largest absolute Gasteiger partial charge is 0.372 e. The molecule has 0 unspecified atom stereocenters. The van der Waals surface area contributed by atoms with Gasteiger partial charge in [0.2, 0.25) is 0 Å². The SMILES string of the molecule is CCN(CC)c1ccc(/C=C2\SC(=S)N(Cc3ccccc3)C2=O)cc1. The minimum Gasteiger partial charge on any atom is -0.372 e. The summed E-state index contributed by atoms with van der Waals surface area (Å²) < 4.78 is 0.616. The van der Waals surface area contributed by atoms with Gasteiger partial charge in [-0.15, -0.1) is 0 Å². The fourth-order valence-corrected chi connectivity index (χ4v) is 4.18. The zero-order valence-corrected chi connectivity index (χ0v) is 16.6. The Balaban J connectivity index is 1.75. The highest BCUT2D eigenvalue weighted by Gasteiger charge is 2.31. The highest BCUT2D eigenvalue weighted by molar-refractivity contribution is 8.26. The molecule has 0 radical (unpaired) electrons. The van der Waals surface area contributed by atoms with Gasteiger partial charge < -0.3 is 4.90 Å². The van der Waals surface area contributed by atoms with E-state index in [0.717, 1.165) is 24.2 Å². The second kappa shape index (κ2) is 8.52. The van der Waals surface area contributed by atoms with Gasteiger partial charge in [0.05, 0.1) is 11.4 Å². The zero-order chi connectivity index (χ0) is 18.5. The number of hydrogen-bond acceptors (Lipinski definition) is 4. The summed E-state index contributed by atoms with van der Waals surface area (Å²) in [6.45, 7) is 6.77. The van der Waals surface area contributed by atoms with Crippen molar-refractivity contribution in [2.75, 3.05) is 18.0 Å². The van der Waals surface area contributed by atoms with Crippen molar-refractivity contribution >= 4 is 46.0 Å². The van der Waals surface area contributed by atoms with Crippen LogP contribution in [0.1, 0.15) is 25.0 Å². The number of anilines is 1. The number of benzene rings is 2. The predicted molar refractivity (Wildman–Crippen MR) is 115 cm³/mol. The monoisotopic (exact) mass is 382 g/mol. The van der Waals surface area contributed by atoms with E-state index in [9.17, 15) is 4.79 Å². The molecule has 134 valence electrons. The van der Waals surface area contributed by atoms with Crippen molar-refractivity contribution in [1.29, 1.82) is 0 Å². The molecule has 0 saturated carbocycles. The lowest BCUT2D eigenvalue weighted by molar-refractivity contribution is -0.122. The van der Waals surface area contributed by atoms with Crippen molar-refractivity contribution in [3.8, 4) is 0 Å². The molecule has 0 aromatic heterocycles. The van der Waals surface area contributed by atoms with Crippen molar-refractivity contribution in [3.05, 3.63) is 70.6 Å². The molecule has 0 bridgehead atoms. The number of carbonyl (C=O) groups is 1. The molecule has 5 heteroatoms. The summed E-state index contributed by atoms with van der Waals surface area (Å²) in [5.74, 6) is -0.0170. The average molecular weight is 383 g/mol. The fourth-order valence-electron chi connectivity index (χ4n) is 2.92. The smallest absolute Gasteiger partial charge is 0.266 e. The van der Waals surface area contributed by atoms with Crippen molar-refractivity contribution in [2.24, 2.45) is 0 Å². The quantitative estimate of drug-likeness (QED) is 0.522. The van der Waals surface area contributed by atoms with Crippen LogP contribution in [0.2, 0.25) is 0 Å². The Kier molecular flexibility index (Phi) is 6.12. The van der Waals surface area contributed by atoms with Gasteiger partial charge in [0.1, 0.15) is 4.32 Å². The molecule has 1 aliphatic rings. The number of nitrogens with zero attached hydrogens (tertiary/aromatic N) is 2. The van der Waals surface area contributed by atoms with Crippen LogP contribution in [0.4, 0.5) is 5.69 Å². The van der Waals surface area contributed by atoms with E-state index in [1.165, 1.54) is 17.4 Å². The molecule has 0 spiro atoms. The molecule has 0 aliphatic carbocycles. The second-order valence-corrected chi connectivity index (χ2v) is 7.69. The van der Waals surface area contributed by atoms with Gasteiger partial charge in [0, 0.05) is 18.8 Å². The summed E-state index contributed by atoms with van der Waals surface area (Å²) in [5, 5.41) is 0. The Morgan fingerprint density at radius 3 is 2.31 bits per heavy atom. The van der Waals surface area contributed by atoms with E-state index >= 15 is 0 Å². The van der Waals surface area contributed by atoms with Crippen LogP contribution in [0, 0.1) is 0 Å². The van der Waals surface area contributed by atoms with E-state index in [-0.39, 0.29) is 5.91 Å². The van der Waals surface area contributed by atoms with Gasteiger partial charge in [-0.25, -0.2) is 0 Å². The predicted octanol–water partition coefficient (Wildman–Crippen LogP) is 4.93. The first kappa shape index (κ1) is 18.7. The van der Waals surface area contributed by atoms with Gasteiger partial charge in [0.25, 0.3) is 5.91 Å². The first-order valence-electron chi connectivity index (χ1n) is 8.76. The van der Waals surface area contributed by atoms with Gasteiger partial charge in [0.15, 0.2) is 0 Å². The van der Waals surface area contributed by atoms with Crippen LogP contribution < -0.4 is 4.90 Å². The Labute approximate surface area is 164 Å². The lowest BCUT2D eigenvalue weighted by atomic mass is 10.1. The van der Waals surface area contributed by atoms with Crippen molar-refractivity contribution in [3.63, 3.8) is 0 Å². The Morgan fingerprint density at radius 1 is 1.04 bits per heavy atom. The highest BCUT2D eigenvalue weighted by atomic mass is 32.2. The number of thiocarbonyl (C=S) groups is 1. The summed E-state index contributed by atoms with van der Waals surface area (Å²) in [7, 11) is 0. The maximum Gasteiger partial charge on any atom is 0.266 e. The zero-order valence-electron chi connectivity index (χ0n) is 15.0. The molecule has 3 rings (SSSR count). The first-order chi connectivity index (χ1) is 12.6. The fraction of sp³-hybridized carbons (Fsp3) is 0.238. The molecule has 1 heterocycles. The summed E-state index contributed by atoms with van der Waals surface area (Å²) in [4.78, 5) is 17.4. The molecular formula is C21H22N2OS2. The Morgan fingerprint density at radius 2 is 1.69 bits per heavy atom. The van der Waals surface area contributed by atoms with Crippen LogP contribution in [-0.2, 0) is 11.3 Å². The van der Waals surface area contributed by atoms with Crippen molar-refractivity contribution < 1.29 is 4.79 Å². The molecule has 1 aliphatic heterocycles. The molecule has 1 saturated heterocycles. The Hall–Kier alpha value is -2.11. The number of hydrogen-bond donors (Lipinski definition) is 0. The topological polar surface area (TPSA) is 23.6 Å².